The maximum absolute atomic E-state index is 14.6. The summed E-state index contributed by atoms with van der Waals surface area (Å²) in [5, 5.41) is 3.43. The van der Waals surface area contributed by atoms with E-state index in [0.29, 0.717) is 0 Å². The van der Waals surface area contributed by atoms with E-state index in [9.17, 15) is 18.0 Å². The second kappa shape index (κ2) is 15.0. The molecule has 11 heteroatoms. The molecule has 4 aromatic carbocycles. The number of hydrogen-bond acceptors (Lipinski definition) is 4. The molecular formula is C35H36BrCl2N3O4S. The fraction of sp³-hybridized carbons (Fsp3) is 0.257. The van der Waals surface area contributed by atoms with Crippen molar-refractivity contribution in [2.45, 2.75) is 57.1 Å². The Balaban J connectivity index is 1.84. The zero-order valence-electron chi connectivity index (χ0n) is 26.0. The first kappa shape index (κ1) is 35.5. The van der Waals surface area contributed by atoms with E-state index in [1.54, 1.807) is 12.1 Å². The summed E-state index contributed by atoms with van der Waals surface area (Å²) in [6.45, 7) is 6.87. The molecule has 7 nitrogen and oxygen atoms in total. The molecule has 0 saturated carbocycles. The highest BCUT2D eigenvalue weighted by atomic mass is 79.9. The van der Waals surface area contributed by atoms with Crippen LogP contribution in [0.4, 0.5) is 5.69 Å². The molecule has 0 aliphatic heterocycles. The van der Waals surface area contributed by atoms with E-state index in [1.165, 1.54) is 35.2 Å². The molecule has 242 valence electrons. The van der Waals surface area contributed by atoms with Crippen LogP contribution in [0.1, 0.15) is 37.5 Å². The standard InChI is InChI=1S/C35H36BrCl2N3O4S/c1-24-13-15-31(16-14-24)46(44,45)41(30-20-28(37)19-29(38)21-30)23-33(42)40(22-26-11-8-12-27(36)17-26)32(34(43)39-35(2,3)4)18-25-9-6-5-7-10-25/h5-17,19-21,32H,18,22-23H2,1-4H3,(H,39,43)/t32-/m0/s1. The van der Waals surface area contributed by atoms with Gasteiger partial charge in [-0.3, -0.25) is 13.9 Å². The zero-order valence-corrected chi connectivity index (χ0v) is 29.9. The van der Waals surface area contributed by atoms with Gasteiger partial charge in [-0.25, -0.2) is 8.42 Å². The summed E-state index contributed by atoms with van der Waals surface area (Å²) in [5.41, 5.74) is 2.00. The largest absolute Gasteiger partial charge is 0.350 e. The van der Waals surface area contributed by atoms with Crippen LogP contribution in [-0.4, -0.2) is 43.3 Å². The van der Waals surface area contributed by atoms with Gasteiger partial charge in [0.25, 0.3) is 10.0 Å². The molecular weight excluding hydrogens is 709 g/mol. The van der Waals surface area contributed by atoms with Crippen molar-refractivity contribution in [3.05, 3.63) is 128 Å². The molecule has 0 fully saturated rings. The summed E-state index contributed by atoms with van der Waals surface area (Å²) in [5.74, 6) is -0.949. The Morgan fingerprint density at radius 3 is 2.04 bits per heavy atom. The number of nitrogens with one attached hydrogen (secondary N) is 1. The van der Waals surface area contributed by atoms with Crippen molar-refractivity contribution in [2.24, 2.45) is 0 Å². The molecule has 2 amide bonds. The molecule has 0 radical (unpaired) electrons. The number of nitrogens with zero attached hydrogens (tertiary/aromatic N) is 2. The number of halogens is 3. The SMILES string of the molecule is Cc1ccc(S(=O)(=O)N(CC(=O)N(Cc2cccc(Br)c2)[C@@H](Cc2ccccc2)C(=O)NC(C)(C)C)c2cc(Cl)cc(Cl)c2)cc1. The molecule has 1 N–H and O–H groups in total. The Kier molecular flexibility index (Phi) is 11.6. The van der Waals surface area contributed by atoms with E-state index >= 15 is 0 Å². The topological polar surface area (TPSA) is 86.8 Å². The van der Waals surface area contributed by atoms with Crippen LogP contribution in [0.15, 0.2) is 106 Å². The van der Waals surface area contributed by atoms with Crippen molar-refractivity contribution < 1.29 is 18.0 Å². The third-order valence-electron chi connectivity index (χ3n) is 7.03. The van der Waals surface area contributed by atoms with Gasteiger partial charge in [0, 0.05) is 33.0 Å². The van der Waals surface area contributed by atoms with Gasteiger partial charge in [0.15, 0.2) is 0 Å². The van der Waals surface area contributed by atoms with E-state index in [-0.39, 0.29) is 39.5 Å². The van der Waals surface area contributed by atoms with Gasteiger partial charge < -0.3 is 10.2 Å². The number of rotatable bonds is 11. The highest BCUT2D eigenvalue weighted by Gasteiger charge is 2.35. The van der Waals surface area contributed by atoms with Crippen molar-refractivity contribution in [1.29, 1.82) is 0 Å². The maximum Gasteiger partial charge on any atom is 0.264 e. The lowest BCUT2D eigenvalue weighted by Crippen LogP contribution is -2.56. The van der Waals surface area contributed by atoms with E-state index in [4.69, 9.17) is 23.2 Å². The first-order valence-electron chi connectivity index (χ1n) is 14.6. The first-order valence-corrected chi connectivity index (χ1v) is 17.6. The zero-order chi connectivity index (χ0) is 33.6. The molecule has 0 aliphatic rings. The van der Waals surface area contributed by atoms with Crippen LogP contribution in [0, 0.1) is 6.92 Å². The second-order valence-corrected chi connectivity index (χ2v) is 15.7. The quantitative estimate of drug-likeness (QED) is 0.170. The summed E-state index contributed by atoms with van der Waals surface area (Å²) in [7, 11) is -4.29. The molecule has 4 rings (SSSR count). The predicted molar refractivity (Wildman–Crippen MR) is 189 cm³/mol. The van der Waals surface area contributed by atoms with Gasteiger partial charge in [0.2, 0.25) is 11.8 Å². The highest BCUT2D eigenvalue weighted by Crippen LogP contribution is 2.30. The molecule has 46 heavy (non-hydrogen) atoms. The van der Waals surface area contributed by atoms with E-state index in [0.717, 1.165) is 25.5 Å². The minimum Gasteiger partial charge on any atom is -0.350 e. The van der Waals surface area contributed by atoms with Crippen LogP contribution in [0.3, 0.4) is 0 Å². The Morgan fingerprint density at radius 2 is 1.46 bits per heavy atom. The van der Waals surface area contributed by atoms with Crippen LogP contribution in [0.2, 0.25) is 10.0 Å². The fourth-order valence-electron chi connectivity index (χ4n) is 4.89. The average Bonchev–Trinajstić information content (AvgIpc) is 2.97. The minimum atomic E-state index is -4.29. The summed E-state index contributed by atoms with van der Waals surface area (Å²) in [6, 6.07) is 26.6. The van der Waals surface area contributed by atoms with Crippen LogP contribution in [0.25, 0.3) is 0 Å². The number of carbonyl (C=O) groups is 2. The molecule has 0 heterocycles. The average molecular weight is 746 g/mol. The fourth-order valence-corrected chi connectivity index (χ4v) is 7.25. The number of carbonyl (C=O) groups excluding carboxylic acids is 2. The first-order chi connectivity index (χ1) is 21.6. The molecule has 0 unspecified atom stereocenters. The van der Waals surface area contributed by atoms with Gasteiger partial charge in [-0.1, -0.05) is 99.3 Å². The van der Waals surface area contributed by atoms with Gasteiger partial charge in [0.05, 0.1) is 10.6 Å². The van der Waals surface area contributed by atoms with Crippen LogP contribution < -0.4 is 9.62 Å². The number of aryl methyl sites for hydroxylation is 1. The number of sulfonamides is 1. The molecule has 0 saturated heterocycles. The monoisotopic (exact) mass is 743 g/mol. The number of hydrogen-bond donors (Lipinski definition) is 1. The Bertz CT molecular complexity index is 1780. The van der Waals surface area contributed by atoms with Crippen molar-refractivity contribution in [1.82, 2.24) is 10.2 Å². The molecule has 4 aromatic rings. The van der Waals surface area contributed by atoms with Crippen LogP contribution in [0.5, 0.6) is 0 Å². The van der Waals surface area contributed by atoms with Crippen molar-refractivity contribution in [3.8, 4) is 0 Å². The minimum absolute atomic E-state index is 0.00755. The molecule has 1 atom stereocenters. The molecule has 0 aromatic heterocycles. The second-order valence-electron chi connectivity index (χ2n) is 12.0. The smallest absolute Gasteiger partial charge is 0.264 e. The van der Waals surface area contributed by atoms with Crippen molar-refractivity contribution >= 4 is 66.7 Å². The number of benzene rings is 4. The highest BCUT2D eigenvalue weighted by molar-refractivity contribution is 9.10. The number of amides is 2. The lowest BCUT2D eigenvalue weighted by molar-refractivity contribution is -0.140. The predicted octanol–water partition coefficient (Wildman–Crippen LogP) is 7.81. The number of anilines is 1. The van der Waals surface area contributed by atoms with Crippen LogP contribution >= 0.6 is 39.1 Å². The Morgan fingerprint density at radius 1 is 0.848 bits per heavy atom. The maximum atomic E-state index is 14.6. The van der Waals surface area contributed by atoms with Gasteiger partial charge in [-0.2, -0.15) is 0 Å². The molecule has 0 bridgehead atoms. The molecule has 0 spiro atoms. The summed E-state index contributed by atoms with van der Waals surface area (Å²) < 4.78 is 30.2. The van der Waals surface area contributed by atoms with Gasteiger partial charge in [0.1, 0.15) is 12.6 Å². The molecule has 0 aliphatic carbocycles. The third-order valence-corrected chi connectivity index (χ3v) is 9.75. The van der Waals surface area contributed by atoms with E-state index in [1.807, 2.05) is 82.3 Å². The van der Waals surface area contributed by atoms with Crippen molar-refractivity contribution in [3.63, 3.8) is 0 Å². The van der Waals surface area contributed by atoms with Gasteiger partial charge in [-0.05, 0) is 81.3 Å². The van der Waals surface area contributed by atoms with Gasteiger partial charge in [-0.15, -0.1) is 0 Å². The van der Waals surface area contributed by atoms with E-state index < -0.39 is 34.1 Å². The third kappa shape index (κ3) is 9.58. The summed E-state index contributed by atoms with van der Waals surface area (Å²) in [4.78, 5) is 30.0. The Labute approximate surface area is 289 Å². The van der Waals surface area contributed by atoms with Gasteiger partial charge >= 0.3 is 0 Å². The van der Waals surface area contributed by atoms with Crippen LogP contribution in [-0.2, 0) is 32.6 Å². The van der Waals surface area contributed by atoms with Crippen molar-refractivity contribution in [2.75, 3.05) is 10.8 Å². The summed E-state index contributed by atoms with van der Waals surface area (Å²) >= 11 is 16.1. The summed E-state index contributed by atoms with van der Waals surface area (Å²) in [6.07, 6.45) is 0.205. The lowest BCUT2D eigenvalue weighted by Gasteiger charge is -2.35. The normalized spacial score (nSPS) is 12.3. The van der Waals surface area contributed by atoms with E-state index in [2.05, 4.69) is 21.2 Å². The Hall–Kier alpha value is -3.37. The lowest BCUT2D eigenvalue weighted by atomic mass is 10.0.